The van der Waals surface area contributed by atoms with Crippen molar-refractivity contribution in [2.24, 2.45) is 5.92 Å². The molecule has 1 atom stereocenters. The Morgan fingerprint density at radius 3 is 2.62 bits per heavy atom. The maximum atomic E-state index is 14.9. The molecule has 2 N–H and O–H groups in total. The number of carbonyl (C=O) groups is 1. The fraction of sp³-hybridized carbons (Fsp3) is 0.360. The minimum Gasteiger partial charge on any atom is -0.455 e. The third kappa shape index (κ3) is 8.65. The Morgan fingerprint density at radius 2 is 1.95 bits per heavy atom. The predicted octanol–water partition coefficient (Wildman–Crippen LogP) is 6.71. The van der Waals surface area contributed by atoms with E-state index in [1.165, 1.54) is 6.20 Å². The van der Waals surface area contributed by atoms with Crippen LogP contribution in [0.5, 0.6) is 11.5 Å². The van der Waals surface area contributed by atoms with E-state index in [-0.39, 0.29) is 21.9 Å². The van der Waals surface area contributed by atoms with Gasteiger partial charge in [0.25, 0.3) is 10.0 Å². The summed E-state index contributed by atoms with van der Waals surface area (Å²) in [4.78, 5) is 14.5. The minimum atomic E-state index is -4.24. The number of ether oxygens (including phenoxy) is 1. The van der Waals surface area contributed by atoms with Crippen molar-refractivity contribution in [1.29, 1.82) is 0 Å². The molecule has 0 aliphatic carbocycles. The summed E-state index contributed by atoms with van der Waals surface area (Å²) in [6, 6.07) is 6.76. The summed E-state index contributed by atoms with van der Waals surface area (Å²) in [5.74, 6) is -0.127. The number of hydrogen-bond acceptors (Lipinski definition) is 7. The van der Waals surface area contributed by atoms with Crippen molar-refractivity contribution in [3.05, 3.63) is 63.3 Å². The molecule has 3 aromatic rings. The molecule has 7 nitrogen and oxygen atoms in total. The number of carbonyl (C=O) groups excluding carboxylic acids is 1. The average Bonchev–Trinajstić information content (AvgIpc) is 3.34. The summed E-state index contributed by atoms with van der Waals surface area (Å²) in [7, 11) is -4.24. The van der Waals surface area contributed by atoms with Gasteiger partial charge in [-0.15, -0.1) is 11.3 Å². The molecular weight excluding hydrogens is 560 g/mol. The Morgan fingerprint density at radius 1 is 1.16 bits per heavy atom. The first-order valence-electron chi connectivity index (χ1n) is 11.7. The Bertz CT molecular complexity index is 1310. The molecule has 200 valence electrons. The van der Waals surface area contributed by atoms with Gasteiger partial charge < -0.3 is 14.8 Å². The van der Waals surface area contributed by atoms with E-state index in [9.17, 15) is 17.6 Å². The topological polar surface area (TPSA) is 97.4 Å². The van der Waals surface area contributed by atoms with Crippen LogP contribution in [0.4, 0.5) is 9.52 Å². The van der Waals surface area contributed by atoms with E-state index in [1.807, 2.05) is 0 Å². The van der Waals surface area contributed by atoms with Crippen molar-refractivity contribution in [1.82, 2.24) is 10.3 Å². The highest BCUT2D eigenvalue weighted by Crippen LogP contribution is 2.36. The number of anilines is 1. The van der Waals surface area contributed by atoms with Crippen LogP contribution in [0.25, 0.3) is 0 Å². The average molecular weight is 589 g/mol. The molecule has 0 fully saturated rings. The first kappa shape index (κ1) is 29.3. The molecular formula is C25H28Cl2FN3O4S2. The molecule has 37 heavy (non-hydrogen) atoms. The summed E-state index contributed by atoms with van der Waals surface area (Å²) in [5.41, 5.74) is 0.762. The van der Waals surface area contributed by atoms with Gasteiger partial charge in [-0.1, -0.05) is 37.0 Å². The van der Waals surface area contributed by atoms with Crippen LogP contribution in [-0.4, -0.2) is 32.3 Å². The van der Waals surface area contributed by atoms with Crippen LogP contribution in [-0.2, 0) is 21.2 Å². The highest BCUT2D eigenvalue weighted by molar-refractivity contribution is 7.93. The fourth-order valence-corrected chi connectivity index (χ4v) is 5.83. The molecule has 0 bridgehead atoms. The molecule has 2 aromatic carbocycles. The molecule has 12 heteroatoms. The molecule has 0 aliphatic heterocycles. The quantitative estimate of drug-likeness (QED) is 0.161. The number of aryl methyl sites for hydroxylation is 1. The zero-order valence-corrected chi connectivity index (χ0v) is 23.5. The van der Waals surface area contributed by atoms with Gasteiger partial charge in [-0.2, -0.15) is 0 Å². The van der Waals surface area contributed by atoms with Crippen molar-refractivity contribution in [2.75, 3.05) is 11.3 Å². The third-order valence-electron chi connectivity index (χ3n) is 5.42. The normalized spacial score (nSPS) is 12.5. The number of hydrogen-bond donors (Lipinski definition) is 2. The summed E-state index contributed by atoms with van der Waals surface area (Å²) in [5, 5.41) is 5.37. The molecule has 0 saturated carbocycles. The lowest BCUT2D eigenvalue weighted by molar-refractivity contribution is -0.109. The lowest BCUT2D eigenvalue weighted by Gasteiger charge is -2.16. The lowest BCUT2D eigenvalue weighted by atomic mass is 10.0. The van der Waals surface area contributed by atoms with E-state index in [2.05, 4.69) is 28.9 Å². The molecule has 1 heterocycles. The lowest BCUT2D eigenvalue weighted by Crippen LogP contribution is -2.31. The van der Waals surface area contributed by atoms with Crippen molar-refractivity contribution < 1.29 is 22.3 Å². The zero-order chi connectivity index (χ0) is 27.0. The molecule has 0 amide bonds. The fourth-order valence-electron chi connectivity index (χ4n) is 3.50. The standard InChI is InChI=1S/C25H28Cl2FN3O4S2/c1-16(2)5-7-19(15-32)29-9-3-4-17-12-18(26)6-8-22(17)35-23-14-21(28)24(13-20(23)27)37(33,34)31-25-30-10-11-36-25/h6,8,10-16,19,29H,3-5,7,9H2,1-2H3,(H,30,31). The largest absolute Gasteiger partial charge is 0.455 e. The van der Waals surface area contributed by atoms with Gasteiger partial charge in [0, 0.05) is 22.7 Å². The highest BCUT2D eigenvalue weighted by atomic mass is 35.5. The van der Waals surface area contributed by atoms with Gasteiger partial charge in [0.15, 0.2) is 5.13 Å². The third-order valence-corrected chi connectivity index (χ3v) is 8.12. The Hall–Kier alpha value is -2.24. The van der Waals surface area contributed by atoms with Crippen LogP contribution in [0.2, 0.25) is 10.0 Å². The van der Waals surface area contributed by atoms with Gasteiger partial charge in [-0.25, -0.2) is 17.8 Å². The van der Waals surface area contributed by atoms with Crippen molar-refractivity contribution >= 4 is 56.0 Å². The summed E-state index contributed by atoms with van der Waals surface area (Å²) in [6.45, 7) is 4.85. The van der Waals surface area contributed by atoms with Gasteiger partial charge in [0.05, 0.1) is 11.1 Å². The number of benzene rings is 2. The van der Waals surface area contributed by atoms with Crippen molar-refractivity contribution in [3.63, 3.8) is 0 Å². The second-order valence-corrected chi connectivity index (χ2v) is 12.2. The van der Waals surface area contributed by atoms with Gasteiger partial charge in [0.2, 0.25) is 0 Å². The molecule has 1 aromatic heterocycles. The SMILES string of the molecule is CC(C)CCC(C=O)NCCCc1cc(Cl)ccc1Oc1cc(F)c(S(=O)(=O)Nc2nccs2)cc1Cl. The number of rotatable bonds is 14. The summed E-state index contributed by atoms with van der Waals surface area (Å²) < 4.78 is 48.2. The van der Waals surface area contributed by atoms with E-state index in [4.69, 9.17) is 27.9 Å². The van der Waals surface area contributed by atoms with Crippen molar-refractivity contribution in [2.45, 2.75) is 50.5 Å². The molecule has 0 aliphatic rings. The van der Waals surface area contributed by atoms with E-state index < -0.39 is 20.7 Å². The first-order chi connectivity index (χ1) is 17.6. The van der Waals surface area contributed by atoms with Gasteiger partial charge in [0.1, 0.15) is 28.5 Å². The minimum absolute atomic E-state index is 0.0382. The van der Waals surface area contributed by atoms with E-state index in [1.54, 1.807) is 23.6 Å². The van der Waals surface area contributed by atoms with Crippen LogP contribution >= 0.6 is 34.5 Å². The Kier molecular flexibility index (Phi) is 10.7. The molecule has 0 saturated heterocycles. The van der Waals surface area contributed by atoms with Crippen LogP contribution in [0, 0.1) is 11.7 Å². The number of nitrogens with one attached hydrogen (secondary N) is 2. The van der Waals surface area contributed by atoms with E-state index in [0.29, 0.717) is 36.1 Å². The Labute approximate surface area is 230 Å². The monoisotopic (exact) mass is 587 g/mol. The predicted molar refractivity (Wildman–Crippen MR) is 146 cm³/mol. The molecule has 3 rings (SSSR count). The molecule has 0 spiro atoms. The van der Waals surface area contributed by atoms with Gasteiger partial charge >= 0.3 is 0 Å². The van der Waals surface area contributed by atoms with Crippen LogP contribution < -0.4 is 14.8 Å². The van der Waals surface area contributed by atoms with Crippen LogP contribution in [0.15, 0.2) is 46.8 Å². The van der Waals surface area contributed by atoms with Crippen LogP contribution in [0.1, 0.15) is 38.7 Å². The number of thiazole rings is 1. The maximum absolute atomic E-state index is 14.9. The molecule has 1 unspecified atom stereocenters. The summed E-state index contributed by atoms with van der Waals surface area (Å²) >= 11 is 13.5. The first-order valence-corrected chi connectivity index (χ1v) is 14.8. The summed E-state index contributed by atoms with van der Waals surface area (Å²) in [6.07, 6.45) is 5.37. The number of aldehydes is 1. The zero-order valence-electron chi connectivity index (χ0n) is 20.3. The maximum Gasteiger partial charge on any atom is 0.266 e. The number of halogens is 3. The smallest absolute Gasteiger partial charge is 0.266 e. The molecule has 0 radical (unpaired) electrons. The number of nitrogens with zero attached hydrogens (tertiary/aromatic N) is 1. The van der Waals surface area contributed by atoms with E-state index in [0.717, 1.165) is 48.2 Å². The van der Waals surface area contributed by atoms with Gasteiger partial charge in [-0.3, -0.25) is 4.72 Å². The number of sulfonamides is 1. The second kappa shape index (κ2) is 13.5. The van der Waals surface area contributed by atoms with Crippen molar-refractivity contribution in [3.8, 4) is 11.5 Å². The van der Waals surface area contributed by atoms with E-state index >= 15 is 0 Å². The highest BCUT2D eigenvalue weighted by Gasteiger charge is 2.23. The van der Waals surface area contributed by atoms with Gasteiger partial charge in [-0.05, 0) is 68.0 Å². The second-order valence-electron chi connectivity index (χ2n) is 8.78. The van der Waals surface area contributed by atoms with Crippen LogP contribution in [0.3, 0.4) is 0 Å². The number of aromatic nitrogens is 1. The Balaban J connectivity index is 1.70.